The maximum absolute atomic E-state index is 11.1. The molecule has 1 saturated carbocycles. The van der Waals surface area contributed by atoms with Crippen LogP contribution in [0.1, 0.15) is 54.7 Å². The van der Waals surface area contributed by atoms with Crippen LogP contribution in [0.4, 0.5) is 4.79 Å². The lowest BCUT2D eigenvalue weighted by Crippen LogP contribution is -2.29. The average Bonchev–Trinajstić information content (AvgIpc) is 3.28. The molecule has 0 bridgehead atoms. The van der Waals surface area contributed by atoms with Crippen LogP contribution in [0.25, 0.3) is 10.9 Å². The Hall–Kier alpha value is -2.61. The molecule has 1 aliphatic carbocycles. The number of hydroxylamine groups is 1. The summed E-state index contributed by atoms with van der Waals surface area (Å²) in [5.74, 6) is -0.876. The molecule has 2 amide bonds. The van der Waals surface area contributed by atoms with Gasteiger partial charge in [-0.25, -0.2) is 15.1 Å². The van der Waals surface area contributed by atoms with E-state index in [-0.39, 0.29) is 0 Å². The molecule has 136 valence electrons. The minimum Gasteiger partial charge on any atom is -0.478 e. The van der Waals surface area contributed by atoms with Crippen LogP contribution in [0.2, 0.25) is 0 Å². The molecule has 1 fully saturated rings. The number of carbonyl (C=O) groups excluding carboxylic acids is 1. The van der Waals surface area contributed by atoms with Crippen molar-refractivity contribution in [3.05, 3.63) is 29.5 Å². The Balaban J connectivity index is 0.000000326. The average molecular weight is 348 g/mol. The van der Waals surface area contributed by atoms with E-state index in [1.807, 2.05) is 6.07 Å². The highest BCUT2D eigenvalue weighted by Crippen LogP contribution is 2.33. The number of nitrogens with one attached hydrogen (secondary N) is 2. The molecule has 0 unspecified atom stereocenters. The molecular formula is C17H24N4O4. The van der Waals surface area contributed by atoms with Crippen molar-refractivity contribution >= 4 is 22.9 Å². The van der Waals surface area contributed by atoms with Crippen molar-refractivity contribution in [2.75, 3.05) is 7.05 Å². The van der Waals surface area contributed by atoms with Crippen molar-refractivity contribution < 1.29 is 19.9 Å². The quantitative estimate of drug-likeness (QED) is 0.503. The zero-order valence-electron chi connectivity index (χ0n) is 14.5. The fourth-order valence-corrected chi connectivity index (χ4v) is 3.08. The molecule has 8 nitrogen and oxygen atoms in total. The summed E-state index contributed by atoms with van der Waals surface area (Å²) in [5.41, 5.74) is 3.75. The number of carboxylic acid groups (broad SMARTS) is 1. The Bertz CT molecular complexity index is 744. The summed E-state index contributed by atoms with van der Waals surface area (Å²) < 4.78 is 2.06. The van der Waals surface area contributed by atoms with Gasteiger partial charge in [-0.15, -0.1) is 0 Å². The molecule has 1 heterocycles. The summed E-state index contributed by atoms with van der Waals surface area (Å²) in [5, 5.41) is 24.7. The molecule has 4 N–H and O–H groups in total. The molecule has 8 heteroatoms. The molecule has 25 heavy (non-hydrogen) atoms. The van der Waals surface area contributed by atoms with Crippen LogP contribution >= 0.6 is 0 Å². The van der Waals surface area contributed by atoms with E-state index >= 15 is 0 Å². The van der Waals surface area contributed by atoms with E-state index in [1.54, 1.807) is 12.1 Å². The lowest BCUT2D eigenvalue weighted by molar-refractivity contribution is 0.0697. The Labute approximate surface area is 145 Å². The number of carbonyl (C=O) groups is 2. The minimum atomic E-state index is -0.876. The Kier molecular flexibility index (Phi) is 6.35. The molecule has 0 aliphatic heterocycles. The van der Waals surface area contributed by atoms with Crippen LogP contribution in [0, 0.1) is 0 Å². The predicted molar refractivity (Wildman–Crippen MR) is 93.0 cm³/mol. The number of fused-ring (bicyclic) bond motifs is 1. The first-order chi connectivity index (χ1) is 12.0. The zero-order chi connectivity index (χ0) is 18.4. The van der Waals surface area contributed by atoms with Crippen LogP contribution in [0.3, 0.4) is 0 Å². The van der Waals surface area contributed by atoms with Crippen molar-refractivity contribution in [1.82, 2.24) is 20.6 Å². The maximum Gasteiger partial charge on any atom is 0.338 e. The second-order valence-corrected chi connectivity index (χ2v) is 5.91. The van der Waals surface area contributed by atoms with Gasteiger partial charge < -0.3 is 10.4 Å². The minimum absolute atomic E-state index is 0.342. The third-order valence-corrected chi connectivity index (χ3v) is 4.36. The number of benzene rings is 1. The topological polar surface area (TPSA) is 116 Å². The molecule has 1 aromatic carbocycles. The highest BCUT2D eigenvalue weighted by atomic mass is 16.5. The third-order valence-electron chi connectivity index (χ3n) is 4.36. The van der Waals surface area contributed by atoms with Gasteiger partial charge >= 0.3 is 12.0 Å². The first-order valence-corrected chi connectivity index (χ1v) is 8.38. The van der Waals surface area contributed by atoms with E-state index < -0.39 is 12.0 Å². The molecule has 0 radical (unpaired) electrons. The van der Waals surface area contributed by atoms with Gasteiger partial charge in [-0.2, -0.15) is 5.10 Å². The van der Waals surface area contributed by atoms with Gasteiger partial charge in [0.2, 0.25) is 0 Å². The Morgan fingerprint density at radius 3 is 2.48 bits per heavy atom. The summed E-state index contributed by atoms with van der Waals surface area (Å²) in [6.07, 6.45) is 5.66. The first-order valence-electron chi connectivity index (χ1n) is 8.38. The second kappa shape index (κ2) is 8.48. The molecule has 3 rings (SSSR count). The van der Waals surface area contributed by atoms with Crippen LogP contribution in [-0.2, 0) is 6.42 Å². The SMILES string of the molecule is CCc1nn(C2CCCC2)c2cc(C(=O)O)ccc12.CNC(=O)NO. The van der Waals surface area contributed by atoms with Crippen molar-refractivity contribution in [3.8, 4) is 0 Å². The Morgan fingerprint density at radius 2 is 2.00 bits per heavy atom. The number of carboxylic acids is 1. The van der Waals surface area contributed by atoms with E-state index in [2.05, 4.69) is 16.9 Å². The van der Waals surface area contributed by atoms with Gasteiger partial charge in [-0.3, -0.25) is 9.89 Å². The molecule has 1 aromatic heterocycles. The van der Waals surface area contributed by atoms with Gasteiger partial charge in [0.1, 0.15) is 0 Å². The predicted octanol–water partition coefficient (Wildman–Crippen LogP) is 2.72. The van der Waals surface area contributed by atoms with Crippen molar-refractivity contribution in [2.45, 2.75) is 45.1 Å². The molecule has 0 saturated heterocycles. The van der Waals surface area contributed by atoms with E-state index in [1.165, 1.54) is 25.4 Å². The van der Waals surface area contributed by atoms with Gasteiger partial charge in [0.25, 0.3) is 0 Å². The fourth-order valence-electron chi connectivity index (χ4n) is 3.08. The normalized spacial score (nSPS) is 14.0. The number of aryl methyl sites for hydroxylation is 1. The lowest BCUT2D eigenvalue weighted by atomic mass is 10.1. The smallest absolute Gasteiger partial charge is 0.338 e. The van der Waals surface area contributed by atoms with Crippen molar-refractivity contribution in [2.24, 2.45) is 0 Å². The monoisotopic (exact) mass is 348 g/mol. The van der Waals surface area contributed by atoms with E-state index in [0.717, 1.165) is 35.9 Å². The second-order valence-electron chi connectivity index (χ2n) is 5.91. The van der Waals surface area contributed by atoms with Crippen LogP contribution in [0.5, 0.6) is 0 Å². The van der Waals surface area contributed by atoms with Crippen LogP contribution < -0.4 is 10.8 Å². The van der Waals surface area contributed by atoms with Gasteiger partial charge in [-0.1, -0.05) is 25.8 Å². The van der Waals surface area contributed by atoms with Crippen LogP contribution in [0.15, 0.2) is 18.2 Å². The zero-order valence-corrected chi connectivity index (χ0v) is 14.5. The van der Waals surface area contributed by atoms with Crippen molar-refractivity contribution in [1.29, 1.82) is 0 Å². The number of hydrogen-bond donors (Lipinski definition) is 4. The molecule has 1 aliphatic rings. The summed E-state index contributed by atoms with van der Waals surface area (Å²) in [6.45, 7) is 2.09. The number of aromatic carboxylic acids is 1. The lowest BCUT2D eigenvalue weighted by Gasteiger charge is -2.11. The number of amides is 2. The molecular weight excluding hydrogens is 324 g/mol. The van der Waals surface area contributed by atoms with Gasteiger partial charge in [-0.05, 0) is 31.4 Å². The standard InChI is InChI=1S/C15H18N2O2.C2H6N2O2/c1-2-13-12-8-7-10(15(18)19)9-14(12)17(16-13)11-5-3-4-6-11;1-3-2(5)4-6/h7-9,11H,2-6H2,1H3,(H,18,19);6H,1H3,(H2,3,4,5). The number of urea groups is 1. The maximum atomic E-state index is 11.1. The highest BCUT2D eigenvalue weighted by molar-refractivity contribution is 5.94. The van der Waals surface area contributed by atoms with E-state index in [0.29, 0.717) is 11.6 Å². The third kappa shape index (κ3) is 4.27. The Morgan fingerprint density at radius 1 is 1.32 bits per heavy atom. The molecule has 2 aromatic rings. The largest absolute Gasteiger partial charge is 0.478 e. The summed E-state index contributed by atoms with van der Waals surface area (Å²) >= 11 is 0. The van der Waals surface area contributed by atoms with Crippen molar-refractivity contribution in [3.63, 3.8) is 0 Å². The number of rotatable bonds is 3. The van der Waals surface area contributed by atoms with E-state index in [9.17, 15) is 9.59 Å². The fraction of sp³-hybridized carbons (Fsp3) is 0.471. The van der Waals surface area contributed by atoms with Gasteiger partial charge in [0.05, 0.1) is 22.8 Å². The summed E-state index contributed by atoms with van der Waals surface area (Å²) in [4.78, 5) is 20.8. The summed E-state index contributed by atoms with van der Waals surface area (Å²) in [7, 11) is 1.41. The number of hydrogen-bond acceptors (Lipinski definition) is 4. The van der Waals surface area contributed by atoms with Gasteiger partial charge in [0, 0.05) is 12.4 Å². The molecule has 0 atom stereocenters. The number of nitrogens with zero attached hydrogens (tertiary/aromatic N) is 2. The van der Waals surface area contributed by atoms with E-state index in [4.69, 9.17) is 15.4 Å². The first kappa shape index (κ1) is 18.7. The molecule has 0 spiro atoms. The summed E-state index contributed by atoms with van der Waals surface area (Å²) in [6, 6.07) is 5.17. The highest BCUT2D eigenvalue weighted by Gasteiger charge is 2.21. The van der Waals surface area contributed by atoms with Crippen LogP contribution in [-0.4, -0.2) is 39.1 Å². The van der Waals surface area contributed by atoms with Gasteiger partial charge in [0.15, 0.2) is 0 Å². The number of aromatic nitrogens is 2.